The van der Waals surface area contributed by atoms with Gasteiger partial charge in [-0.25, -0.2) is 0 Å². The minimum Gasteiger partial charge on any atom is -0.294 e. The van der Waals surface area contributed by atoms with Gasteiger partial charge in [0.25, 0.3) is 0 Å². The van der Waals surface area contributed by atoms with E-state index in [-0.39, 0.29) is 18.6 Å². The maximum atomic E-state index is 4.86. The Morgan fingerprint density at radius 3 is 2.47 bits per heavy atom. The average Bonchev–Trinajstić information content (AvgIpc) is 2.96. The third kappa shape index (κ3) is 2.30. The van der Waals surface area contributed by atoms with Crippen LogP contribution in [0, 0.1) is 26.7 Å². The second kappa shape index (κ2) is 5.42. The number of aryl methyl sites for hydroxylation is 1. The first-order valence-corrected chi connectivity index (χ1v) is 7.09. The summed E-state index contributed by atoms with van der Waals surface area (Å²) >= 11 is 0. The fraction of sp³-hybridized carbons (Fsp3) is 0.625. The van der Waals surface area contributed by atoms with Gasteiger partial charge in [0, 0.05) is 54.0 Å². The summed E-state index contributed by atoms with van der Waals surface area (Å²) in [4.78, 5) is 9.58. The van der Waals surface area contributed by atoms with Gasteiger partial charge in [-0.05, 0) is 56.7 Å². The number of aliphatic imine (C=N–C) groups is 1. The number of pyridine rings is 1. The van der Waals surface area contributed by atoms with Crippen molar-refractivity contribution in [3.8, 4) is 0 Å². The van der Waals surface area contributed by atoms with Crippen LogP contribution in [0.3, 0.4) is 0 Å². The van der Waals surface area contributed by atoms with Crippen molar-refractivity contribution in [1.29, 1.82) is 0 Å². The van der Waals surface area contributed by atoms with E-state index in [1.165, 1.54) is 46.6 Å². The predicted octanol–water partition coefficient (Wildman–Crippen LogP) is 3.51. The van der Waals surface area contributed by atoms with Gasteiger partial charge in [-0.15, -0.1) is 0 Å². The summed E-state index contributed by atoms with van der Waals surface area (Å²) in [5.74, 6) is 1.17. The first-order chi connectivity index (χ1) is 8.59. The maximum Gasteiger partial charge on any atom is 0.0476 e. The molecule has 2 heterocycles. The van der Waals surface area contributed by atoms with E-state index in [4.69, 9.17) is 9.98 Å². The number of nitrogens with zero attached hydrogens (tertiary/aromatic N) is 2. The fourth-order valence-electron chi connectivity index (χ4n) is 3.51. The minimum atomic E-state index is 0. The molecule has 19 heavy (non-hydrogen) atoms. The molecule has 2 unspecified atom stereocenters. The van der Waals surface area contributed by atoms with Crippen molar-refractivity contribution in [1.82, 2.24) is 4.98 Å². The molecule has 1 aliphatic heterocycles. The number of fused-ring (bicyclic) bond motifs is 1. The third-order valence-electron chi connectivity index (χ3n) is 4.95. The minimum absolute atomic E-state index is 0. The van der Waals surface area contributed by atoms with Gasteiger partial charge < -0.3 is 0 Å². The molecule has 3 rings (SSSR count). The molecule has 0 aromatic carbocycles. The Morgan fingerprint density at radius 2 is 1.84 bits per heavy atom. The molecule has 1 radical (unpaired) electrons. The normalized spacial score (nSPS) is 24.9. The Hall–Kier alpha value is -0.596. The zero-order valence-electron chi connectivity index (χ0n) is 12.3. The molecular weight excluding hydrogens is 271 g/mol. The maximum absolute atomic E-state index is 4.86. The average molecular weight is 293 g/mol. The molecule has 0 spiro atoms. The SMILES string of the molecule is Cc1nc2c(c(C)c1C)CC(C1=NCCC1)C2C.[V]. The Labute approximate surface area is 128 Å². The smallest absolute Gasteiger partial charge is 0.0476 e. The monoisotopic (exact) mass is 293 g/mol. The fourth-order valence-corrected chi connectivity index (χ4v) is 3.51. The van der Waals surface area contributed by atoms with E-state index in [1.54, 1.807) is 0 Å². The summed E-state index contributed by atoms with van der Waals surface area (Å²) in [6, 6.07) is 0. The molecule has 1 aromatic heterocycles. The van der Waals surface area contributed by atoms with Crippen molar-refractivity contribution >= 4 is 5.71 Å². The van der Waals surface area contributed by atoms with Crippen LogP contribution in [-0.2, 0) is 25.0 Å². The summed E-state index contributed by atoms with van der Waals surface area (Å²) < 4.78 is 0. The van der Waals surface area contributed by atoms with Gasteiger partial charge in [-0.1, -0.05) is 6.92 Å². The van der Waals surface area contributed by atoms with Crippen LogP contribution in [0.25, 0.3) is 0 Å². The van der Waals surface area contributed by atoms with Crippen LogP contribution in [0.2, 0.25) is 0 Å². The molecule has 0 saturated heterocycles. The van der Waals surface area contributed by atoms with Crippen LogP contribution in [0.15, 0.2) is 4.99 Å². The molecule has 2 nitrogen and oxygen atoms in total. The summed E-state index contributed by atoms with van der Waals surface area (Å²) in [5, 5.41) is 0. The quantitative estimate of drug-likeness (QED) is 0.778. The van der Waals surface area contributed by atoms with Crippen LogP contribution in [-0.4, -0.2) is 17.2 Å². The van der Waals surface area contributed by atoms with Crippen LogP contribution < -0.4 is 0 Å². The molecular formula is C16H22N2V. The van der Waals surface area contributed by atoms with E-state index in [2.05, 4.69) is 27.7 Å². The largest absolute Gasteiger partial charge is 0.294 e. The van der Waals surface area contributed by atoms with Gasteiger partial charge in [0.1, 0.15) is 0 Å². The van der Waals surface area contributed by atoms with Crippen molar-refractivity contribution in [3.63, 3.8) is 0 Å². The summed E-state index contributed by atoms with van der Waals surface area (Å²) in [6.07, 6.45) is 3.62. The Morgan fingerprint density at radius 1 is 1.11 bits per heavy atom. The first-order valence-electron chi connectivity index (χ1n) is 7.09. The van der Waals surface area contributed by atoms with Crippen LogP contribution >= 0.6 is 0 Å². The summed E-state index contributed by atoms with van der Waals surface area (Å²) in [6.45, 7) is 9.96. The van der Waals surface area contributed by atoms with Gasteiger partial charge in [-0.2, -0.15) is 0 Å². The zero-order chi connectivity index (χ0) is 12.9. The standard InChI is InChI=1S/C16H22N2.V/c1-9-10(2)14-8-13(15-6-5-7-17-15)11(3)16(14)18-12(9)4;/h11,13H,5-8H2,1-4H3;. The van der Waals surface area contributed by atoms with Gasteiger partial charge in [0.15, 0.2) is 0 Å². The Balaban J connectivity index is 0.00000133. The molecule has 3 heteroatoms. The topological polar surface area (TPSA) is 25.2 Å². The molecule has 101 valence electrons. The van der Waals surface area contributed by atoms with E-state index in [1.807, 2.05) is 0 Å². The number of aromatic nitrogens is 1. The van der Waals surface area contributed by atoms with Crippen molar-refractivity contribution in [2.45, 2.75) is 52.9 Å². The zero-order valence-corrected chi connectivity index (χ0v) is 13.7. The van der Waals surface area contributed by atoms with Crippen LogP contribution in [0.1, 0.15) is 53.8 Å². The second-order valence-corrected chi connectivity index (χ2v) is 5.89. The molecule has 0 bridgehead atoms. The van der Waals surface area contributed by atoms with Crippen molar-refractivity contribution in [2.24, 2.45) is 10.9 Å². The predicted molar refractivity (Wildman–Crippen MR) is 75.6 cm³/mol. The van der Waals surface area contributed by atoms with Crippen LogP contribution in [0.4, 0.5) is 0 Å². The second-order valence-electron chi connectivity index (χ2n) is 5.89. The van der Waals surface area contributed by atoms with Crippen molar-refractivity contribution < 1.29 is 18.6 Å². The number of rotatable bonds is 1. The van der Waals surface area contributed by atoms with Crippen molar-refractivity contribution in [2.75, 3.05) is 6.54 Å². The molecule has 1 aromatic rings. The molecule has 0 saturated carbocycles. The molecule has 0 fully saturated rings. The number of hydrogen-bond donors (Lipinski definition) is 0. The summed E-state index contributed by atoms with van der Waals surface area (Å²) in [5.41, 5.74) is 8.34. The van der Waals surface area contributed by atoms with Gasteiger partial charge in [0.05, 0.1) is 0 Å². The third-order valence-corrected chi connectivity index (χ3v) is 4.95. The van der Waals surface area contributed by atoms with Gasteiger partial charge in [0.2, 0.25) is 0 Å². The van der Waals surface area contributed by atoms with E-state index in [0.29, 0.717) is 11.8 Å². The Kier molecular flexibility index (Phi) is 4.22. The molecule has 2 atom stereocenters. The molecule has 0 amide bonds. The van der Waals surface area contributed by atoms with Gasteiger partial charge in [-0.3, -0.25) is 9.98 Å². The molecule has 2 aliphatic rings. The Bertz CT molecular complexity index is 534. The van der Waals surface area contributed by atoms with E-state index >= 15 is 0 Å². The summed E-state index contributed by atoms with van der Waals surface area (Å²) in [7, 11) is 0. The van der Waals surface area contributed by atoms with Crippen molar-refractivity contribution in [3.05, 3.63) is 28.1 Å². The van der Waals surface area contributed by atoms with E-state index in [9.17, 15) is 0 Å². The number of hydrogen-bond acceptors (Lipinski definition) is 2. The van der Waals surface area contributed by atoms with Gasteiger partial charge >= 0.3 is 0 Å². The van der Waals surface area contributed by atoms with E-state index in [0.717, 1.165) is 13.0 Å². The molecule has 0 N–H and O–H groups in total. The van der Waals surface area contributed by atoms with E-state index < -0.39 is 0 Å². The van der Waals surface area contributed by atoms with Crippen LogP contribution in [0.5, 0.6) is 0 Å². The molecule has 1 aliphatic carbocycles. The first kappa shape index (κ1) is 14.8.